The van der Waals surface area contributed by atoms with E-state index in [0.717, 1.165) is 12.4 Å². The summed E-state index contributed by atoms with van der Waals surface area (Å²) in [5.74, 6) is -0.159. The second-order valence-electron chi connectivity index (χ2n) is 3.47. The normalized spacial score (nSPS) is 10.6. The Hall–Kier alpha value is -2.25. The molecule has 0 atom stereocenters. The van der Waals surface area contributed by atoms with E-state index in [4.69, 9.17) is 5.11 Å². The quantitative estimate of drug-likeness (QED) is 0.756. The van der Waals surface area contributed by atoms with Gasteiger partial charge < -0.3 is 5.11 Å². The zero-order chi connectivity index (χ0) is 12.3. The van der Waals surface area contributed by atoms with Crippen LogP contribution in [0, 0.1) is 0 Å². The van der Waals surface area contributed by atoms with Gasteiger partial charge in [-0.25, -0.2) is 14.3 Å². The molecule has 90 valence electrons. The molecule has 0 saturated carbocycles. The second kappa shape index (κ2) is 4.73. The van der Waals surface area contributed by atoms with Gasteiger partial charge in [-0.1, -0.05) is 5.21 Å². The molecule has 8 nitrogen and oxygen atoms in total. The minimum atomic E-state index is -0.922. The van der Waals surface area contributed by atoms with E-state index in [9.17, 15) is 4.79 Å². The molecule has 17 heavy (non-hydrogen) atoms. The molecule has 1 N–H and O–H groups in total. The molecular weight excluding hydrogens is 224 g/mol. The van der Waals surface area contributed by atoms with Crippen LogP contribution < -0.4 is 0 Å². The van der Waals surface area contributed by atoms with Crippen molar-refractivity contribution >= 4 is 5.97 Å². The fourth-order valence-electron chi connectivity index (χ4n) is 1.47. The monoisotopic (exact) mass is 236 g/mol. The summed E-state index contributed by atoms with van der Waals surface area (Å²) in [7, 11) is 0. The topological polar surface area (TPSA) is 98.7 Å². The molecule has 0 fully saturated rings. The lowest BCUT2D eigenvalue weighted by Gasteiger charge is -2.01. The highest BCUT2D eigenvalue weighted by Gasteiger charge is 2.08. The minimum absolute atomic E-state index is 0.125. The number of aromatic nitrogens is 6. The van der Waals surface area contributed by atoms with E-state index in [-0.39, 0.29) is 6.42 Å². The fourth-order valence-corrected chi connectivity index (χ4v) is 1.47. The Labute approximate surface area is 96.9 Å². The average molecular weight is 236 g/mol. The van der Waals surface area contributed by atoms with E-state index < -0.39 is 5.97 Å². The summed E-state index contributed by atoms with van der Waals surface area (Å²) >= 11 is 0. The van der Waals surface area contributed by atoms with Gasteiger partial charge in [0, 0.05) is 12.7 Å². The van der Waals surface area contributed by atoms with Crippen LogP contribution in [0.1, 0.15) is 18.4 Å². The molecule has 0 unspecified atom stereocenters. The number of aryl methyl sites for hydroxylation is 1. The van der Waals surface area contributed by atoms with Crippen LogP contribution in [-0.2, 0) is 24.3 Å². The summed E-state index contributed by atoms with van der Waals surface area (Å²) in [6.07, 6.45) is 2.96. The summed E-state index contributed by atoms with van der Waals surface area (Å²) in [6, 6.07) is 0. The third-order valence-electron chi connectivity index (χ3n) is 2.22. The first-order valence-corrected chi connectivity index (χ1v) is 5.16. The van der Waals surface area contributed by atoms with E-state index in [1.54, 1.807) is 15.6 Å². The smallest absolute Gasteiger partial charge is 0.309 e. The molecule has 0 amide bonds. The number of nitrogens with zero attached hydrogens (tertiary/aromatic N) is 6. The van der Waals surface area contributed by atoms with Gasteiger partial charge in [0.2, 0.25) is 0 Å². The molecule has 2 rings (SSSR count). The largest absolute Gasteiger partial charge is 0.481 e. The van der Waals surface area contributed by atoms with Gasteiger partial charge in [-0.15, -0.1) is 5.10 Å². The van der Waals surface area contributed by atoms with Crippen LogP contribution in [0.15, 0.2) is 12.5 Å². The fraction of sp³-hybridized carbons (Fsp3) is 0.444. The van der Waals surface area contributed by atoms with Gasteiger partial charge in [-0.3, -0.25) is 4.79 Å². The van der Waals surface area contributed by atoms with Crippen LogP contribution in [0.25, 0.3) is 0 Å². The summed E-state index contributed by atoms with van der Waals surface area (Å²) in [4.78, 5) is 14.6. The molecule has 0 aromatic carbocycles. The first-order chi connectivity index (χ1) is 8.19. The van der Waals surface area contributed by atoms with Crippen LogP contribution in [0.2, 0.25) is 0 Å². The van der Waals surface area contributed by atoms with Gasteiger partial charge in [0.05, 0.1) is 12.1 Å². The predicted octanol–water partition coefficient (Wildman–Crippen LogP) is -0.435. The first-order valence-electron chi connectivity index (χ1n) is 5.16. The maximum Gasteiger partial charge on any atom is 0.309 e. The third-order valence-corrected chi connectivity index (χ3v) is 2.22. The highest BCUT2D eigenvalue weighted by molar-refractivity contribution is 5.69. The van der Waals surface area contributed by atoms with Crippen molar-refractivity contribution in [3.8, 4) is 0 Å². The molecule has 0 radical (unpaired) electrons. The lowest BCUT2D eigenvalue weighted by molar-refractivity contribution is -0.136. The average Bonchev–Trinajstić information content (AvgIpc) is 2.87. The van der Waals surface area contributed by atoms with E-state index in [2.05, 4.69) is 20.4 Å². The van der Waals surface area contributed by atoms with E-state index in [0.29, 0.717) is 12.2 Å². The summed E-state index contributed by atoms with van der Waals surface area (Å²) in [5, 5.41) is 20.3. The molecule has 0 spiro atoms. The van der Waals surface area contributed by atoms with Crippen LogP contribution >= 0.6 is 0 Å². The molecular formula is C9H12N6O2. The van der Waals surface area contributed by atoms with Crippen molar-refractivity contribution in [3.05, 3.63) is 24.0 Å². The molecule has 0 aliphatic carbocycles. The predicted molar refractivity (Wildman–Crippen MR) is 56.2 cm³/mol. The summed E-state index contributed by atoms with van der Waals surface area (Å²) in [5.41, 5.74) is 0.431. The van der Waals surface area contributed by atoms with Crippen molar-refractivity contribution in [2.45, 2.75) is 26.4 Å². The van der Waals surface area contributed by atoms with Gasteiger partial charge in [-0.2, -0.15) is 5.10 Å². The molecule has 2 aromatic heterocycles. The Morgan fingerprint density at radius 2 is 2.35 bits per heavy atom. The lowest BCUT2D eigenvalue weighted by atomic mass is 10.3. The number of carbonyl (C=O) groups is 1. The Morgan fingerprint density at radius 1 is 1.53 bits per heavy atom. The molecule has 0 bridgehead atoms. The van der Waals surface area contributed by atoms with Crippen molar-refractivity contribution in [2.24, 2.45) is 0 Å². The zero-order valence-electron chi connectivity index (χ0n) is 9.31. The number of carboxylic acid groups (broad SMARTS) is 1. The minimum Gasteiger partial charge on any atom is -0.481 e. The van der Waals surface area contributed by atoms with Gasteiger partial charge in [0.25, 0.3) is 0 Å². The number of rotatable bonds is 5. The number of hydrogen-bond acceptors (Lipinski definition) is 5. The highest BCUT2D eigenvalue weighted by Crippen LogP contribution is 2.00. The van der Waals surface area contributed by atoms with Gasteiger partial charge in [0.15, 0.2) is 0 Å². The van der Waals surface area contributed by atoms with Crippen molar-refractivity contribution in [2.75, 3.05) is 0 Å². The SMILES string of the molecule is CCn1ncnc1Cn1cc(CC(=O)O)nn1. The Morgan fingerprint density at radius 3 is 3.06 bits per heavy atom. The first kappa shape index (κ1) is 11.2. The van der Waals surface area contributed by atoms with Crippen molar-refractivity contribution in [3.63, 3.8) is 0 Å². The van der Waals surface area contributed by atoms with E-state index in [1.807, 2.05) is 6.92 Å². The van der Waals surface area contributed by atoms with Crippen molar-refractivity contribution in [1.82, 2.24) is 29.8 Å². The van der Waals surface area contributed by atoms with E-state index in [1.165, 1.54) is 6.33 Å². The number of hydrogen-bond donors (Lipinski definition) is 1. The van der Waals surface area contributed by atoms with Crippen LogP contribution in [-0.4, -0.2) is 40.8 Å². The van der Waals surface area contributed by atoms with Crippen LogP contribution in [0.4, 0.5) is 0 Å². The van der Waals surface area contributed by atoms with Crippen LogP contribution in [0.5, 0.6) is 0 Å². The third kappa shape index (κ3) is 2.65. The highest BCUT2D eigenvalue weighted by atomic mass is 16.4. The summed E-state index contributed by atoms with van der Waals surface area (Å²) < 4.78 is 3.30. The van der Waals surface area contributed by atoms with Crippen molar-refractivity contribution in [1.29, 1.82) is 0 Å². The second-order valence-corrected chi connectivity index (χ2v) is 3.47. The maximum absolute atomic E-state index is 10.5. The molecule has 0 aliphatic rings. The maximum atomic E-state index is 10.5. The Balaban J connectivity index is 2.08. The molecule has 8 heteroatoms. The number of carboxylic acids is 1. The lowest BCUT2D eigenvalue weighted by Crippen LogP contribution is -2.09. The Kier molecular flexibility index (Phi) is 3.12. The van der Waals surface area contributed by atoms with Gasteiger partial charge in [-0.05, 0) is 6.92 Å². The molecule has 0 saturated heterocycles. The number of aliphatic carboxylic acids is 1. The summed E-state index contributed by atoms with van der Waals surface area (Å²) in [6.45, 7) is 3.13. The van der Waals surface area contributed by atoms with Gasteiger partial charge in [0.1, 0.15) is 18.7 Å². The van der Waals surface area contributed by atoms with Crippen molar-refractivity contribution < 1.29 is 9.90 Å². The molecule has 2 heterocycles. The Bertz CT molecular complexity index is 517. The standard InChI is InChI=1S/C9H12N6O2/c1-2-15-8(10-6-11-15)5-14-4-7(12-13-14)3-9(16)17/h4,6H,2-3,5H2,1H3,(H,16,17). The molecule has 2 aromatic rings. The van der Waals surface area contributed by atoms with Gasteiger partial charge >= 0.3 is 5.97 Å². The van der Waals surface area contributed by atoms with E-state index >= 15 is 0 Å². The zero-order valence-corrected chi connectivity index (χ0v) is 9.31. The van der Waals surface area contributed by atoms with Crippen LogP contribution in [0.3, 0.4) is 0 Å². The molecule has 0 aliphatic heterocycles.